The molecule has 0 fully saturated rings. The molecule has 0 radical (unpaired) electrons. The van der Waals surface area contributed by atoms with Crippen LogP contribution in [-0.4, -0.2) is 8.76 Å². The third kappa shape index (κ3) is 3.92. The first-order chi connectivity index (χ1) is 11.2. The fraction of sp³-hybridized carbons (Fsp3) is 0.500. The summed E-state index contributed by atoms with van der Waals surface area (Å²) in [7, 11) is 0. The van der Waals surface area contributed by atoms with E-state index < -0.39 is 0 Å². The number of nitrogens with zero attached hydrogens (tertiary/aromatic N) is 2. The lowest BCUT2D eigenvalue weighted by Crippen LogP contribution is -2.40. The average Bonchev–Trinajstić information content (AvgIpc) is 2.88. The standard InChI is InChI=1S/C20H28N2S2/c1-13(2)16-8-7-9-17(14(3)4)20(16)22-11-10-21(15(5)6)18(22)12-19(23)24/h7-11,13-15H,12H2,1-6H3/p+1. The van der Waals surface area contributed by atoms with Crippen LogP contribution in [0.25, 0.3) is 5.69 Å². The van der Waals surface area contributed by atoms with E-state index in [2.05, 4.69) is 93.9 Å². The van der Waals surface area contributed by atoms with E-state index in [4.69, 9.17) is 12.2 Å². The number of thiol groups is 1. The Morgan fingerprint density at radius 1 is 1.08 bits per heavy atom. The molecule has 0 bridgehead atoms. The fourth-order valence-electron chi connectivity index (χ4n) is 3.21. The smallest absolute Gasteiger partial charge is 0.231 e. The topological polar surface area (TPSA) is 8.81 Å². The number of aromatic nitrogens is 2. The quantitative estimate of drug-likeness (QED) is 0.412. The van der Waals surface area contributed by atoms with E-state index >= 15 is 0 Å². The lowest BCUT2D eigenvalue weighted by Gasteiger charge is -2.18. The summed E-state index contributed by atoms with van der Waals surface area (Å²) in [6.07, 6.45) is 5.02. The summed E-state index contributed by atoms with van der Waals surface area (Å²) >= 11 is 9.70. The highest BCUT2D eigenvalue weighted by molar-refractivity contribution is 8.11. The molecule has 2 nitrogen and oxygen atoms in total. The maximum absolute atomic E-state index is 5.31. The summed E-state index contributed by atoms with van der Waals surface area (Å²) in [4.78, 5) is 0. The van der Waals surface area contributed by atoms with E-state index in [1.807, 2.05) is 0 Å². The van der Waals surface area contributed by atoms with Crippen LogP contribution < -0.4 is 4.57 Å². The number of rotatable bonds is 6. The van der Waals surface area contributed by atoms with Gasteiger partial charge in [-0.15, -0.1) is 12.6 Å². The van der Waals surface area contributed by atoms with Crippen LogP contribution in [0.4, 0.5) is 0 Å². The predicted octanol–water partition coefficient (Wildman–Crippen LogP) is 5.39. The molecule has 4 heteroatoms. The monoisotopic (exact) mass is 361 g/mol. The summed E-state index contributed by atoms with van der Waals surface area (Å²) in [6.45, 7) is 13.4. The van der Waals surface area contributed by atoms with Gasteiger partial charge in [-0.1, -0.05) is 58.1 Å². The first-order valence-corrected chi connectivity index (χ1v) is 9.55. The fourth-order valence-corrected chi connectivity index (χ4v) is 3.48. The van der Waals surface area contributed by atoms with E-state index in [0.717, 1.165) is 4.20 Å². The summed E-state index contributed by atoms with van der Waals surface area (Å²) < 4.78 is 5.34. The largest absolute Gasteiger partial charge is 0.267 e. The molecule has 0 spiro atoms. The molecule has 0 aliphatic rings. The van der Waals surface area contributed by atoms with Gasteiger partial charge in [0.15, 0.2) is 0 Å². The van der Waals surface area contributed by atoms with E-state index in [0.29, 0.717) is 24.3 Å². The van der Waals surface area contributed by atoms with Gasteiger partial charge < -0.3 is 0 Å². The Bertz CT molecular complexity index is 701. The van der Waals surface area contributed by atoms with Gasteiger partial charge in [-0.05, 0) is 25.7 Å². The van der Waals surface area contributed by atoms with Crippen LogP contribution in [0.3, 0.4) is 0 Å². The van der Waals surface area contributed by atoms with E-state index in [-0.39, 0.29) is 0 Å². The first kappa shape index (κ1) is 19.2. The van der Waals surface area contributed by atoms with Crippen molar-refractivity contribution in [1.82, 2.24) is 4.57 Å². The van der Waals surface area contributed by atoms with Crippen molar-refractivity contribution in [3.63, 3.8) is 0 Å². The maximum atomic E-state index is 5.31. The zero-order valence-electron chi connectivity index (χ0n) is 15.6. The van der Waals surface area contributed by atoms with Gasteiger partial charge in [-0.25, -0.2) is 4.57 Å². The van der Waals surface area contributed by atoms with Crippen molar-refractivity contribution in [2.45, 2.75) is 65.8 Å². The number of benzene rings is 1. The van der Waals surface area contributed by atoms with Gasteiger partial charge in [0, 0.05) is 11.1 Å². The second-order valence-electron chi connectivity index (χ2n) is 7.25. The molecule has 0 aliphatic carbocycles. The molecule has 0 saturated carbocycles. The molecule has 24 heavy (non-hydrogen) atoms. The molecule has 2 aromatic rings. The minimum absolute atomic E-state index is 0.387. The molecule has 2 rings (SSSR count). The summed E-state index contributed by atoms with van der Waals surface area (Å²) in [6, 6.07) is 7.05. The minimum Gasteiger partial charge on any atom is -0.231 e. The molecule has 130 valence electrons. The van der Waals surface area contributed by atoms with Gasteiger partial charge in [0.25, 0.3) is 5.82 Å². The minimum atomic E-state index is 0.387. The predicted molar refractivity (Wildman–Crippen MR) is 110 cm³/mol. The zero-order valence-corrected chi connectivity index (χ0v) is 17.3. The van der Waals surface area contributed by atoms with Crippen LogP contribution in [0.2, 0.25) is 0 Å². The zero-order chi connectivity index (χ0) is 18.0. The van der Waals surface area contributed by atoms with Crippen molar-refractivity contribution in [2.75, 3.05) is 0 Å². The second kappa shape index (κ2) is 7.83. The lowest BCUT2D eigenvalue weighted by atomic mass is 9.92. The van der Waals surface area contributed by atoms with Crippen LogP contribution in [0.5, 0.6) is 0 Å². The summed E-state index contributed by atoms with van der Waals surface area (Å²) in [5.41, 5.74) is 4.06. The molecular weight excluding hydrogens is 332 g/mol. The number of hydrogen-bond donors (Lipinski definition) is 1. The third-order valence-corrected chi connectivity index (χ3v) is 4.70. The molecule has 0 unspecified atom stereocenters. The molecular formula is C20H29N2S2+. The highest BCUT2D eigenvalue weighted by Gasteiger charge is 2.26. The third-order valence-electron chi connectivity index (χ3n) is 4.40. The SMILES string of the molecule is CC(C)c1cccc(C(C)C)c1-n1cc[n+](C(C)C)c1CC(=S)S. The Morgan fingerprint density at radius 3 is 2.04 bits per heavy atom. The second-order valence-corrected chi connectivity index (χ2v) is 8.59. The number of hydrogen-bond acceptors (Lipinski definition) is 1. The molecule has 0 amide bonds. The Morgan fingerprint density at radius 2 is 1.62 bits per heavy atom. The van der Waals surface area contributed by atoms with Crippen LogP contribution in [0.15, 0.2) is 30.6 Å². The first-order valence-electron chi connectivity index (χ1n) is 8.70. The average molecular weight is 362 g/mol. The number of thiocarbonyl (C=S) groups is 1. The van der Waals surface area contributed by atoms with E-state index in [1.54, 1.807) is 0 Å². The van der Waals surface area contributed by atoms with Crippen LogP contribution in [0.1, 0.15) is 76.4 Å². The molecule has 1 heterocycles. The van der Waals surface area contributed by atoms with Gasteiger partial charge in [0.1, 0.15) is 18.1 Å². The van der Waals surface area contributed by atoms with E-state index in [9.17, 15) is 0 Å². The van der Waals surface area contributed by atoms with Crippen molar-refractivity contribution in [1.29, 1.82) is 0 Å². The number of imidazole rings is 1. The van der Waals surface area contributed by atoms with Crippen LogP contribution in [0, 0.1) is 0 Å². The highest BCUT2D eigenvalue weighted by atomic mass is 32.1. The van der Waals surface area contributed by atoms with Crippen molar-refractivity contribution in [2.24, 2.45) is 0 Å². The van der Waals surface area contributed by atoms with Crippen molar-refractivity contribution >= 4 is 29.0 Å². The van der Waals surface area contributed by atoms with Crippen molar-refractivity contribution in [3.05, 3.63) is 47.5 Å². The van der Waals surface area contributed by atoms with Gasteiger partial charge in [-0.3, -0.25) is 0 Å². The molecule has 1 aromatic carbocycles. The van der Waals surface area contributed by atoms with Gasteiger partial charge >= 0.3 is 0 Å². The maximum Gasteiger partial charge on any atom is 0.267 e. The Kier molecular flexibility index (Phi) is 6.27. The van der Waals surface area contributed by atoms with Crippen molar-refractivity contribution < 1.29 is 4.57 Å². The normalized spacial score (nSPS) is 11.8. The van der Waals surface area contributed by atoms with Gasteiger partial charge in [0.2, 0.25) is 0 Å². The molecule has 0 atom stereocenters. The molecule has 0 N–H and O–H groups in total. The summed E-state index contributed by atoms with van der Waals surface area (Å²) in [5.74, 6) is 2.12. The molecule has 0 saturated heterocycles. The Labute approximate surface area is 157 Å². The van der Waals surface area contributed by atoms with Gasteiger partial charge in [0.05, 0.1) is 16.7 Å². The van der Waals surface area contributed by atoms with Crippen molar-refractivity contribution in [3.8, 4) is 5.69 Å². The van der Waals surface area contributed by atoms with Crippen LogP contribution >= 0.6 is 24.8 Å². The Balaban J connectivity index is 2.78. The molecule has 0 aliphatic heterocycles. The number of para-hydroxylation sites is 1. The van der Waals surface area contributed by atoms with E-state index in [1.165, 1.54) is 22.6 Å². The summed E-state index contributed by atoms with van der Waals surface area (Å²) in [5, 5.41) is 0. The van der Waals surface area contributed by atoms with Gasteiger partial charge in [-0.2, -0.15) is 4.57 Å². The Hall–Kier alpha value is -1.13. The molecule has 1 aromatic heterocycles. The highest BCUT2D eigenvalue weighted by Crippen LogP contribution is 2.31. The van der Waals surface area contributed by atoms with Crippen LogP contribution in [-0.2, 0) is 6.42 Å². The lowest BCUT2D eigenvalue weighted by molar-refractivity contribution is -0.721.